The molecule has 0 aliphatic rings. The van der Waals surface area contributed by atoms with Gasteiger partial charge in [0.2, 0.25) is 10.0 Å². The number of nitrogens with zero attached hydrogens (tertiary/aromatic N) is 2. The van der Waals surface area contributed by atoms with Gasteiger partial charge in [-0.25, -0.2) is 13.1 Å². The number of hydrogen-bond acceptors (Lipinski definition) is 6. The Morgan fingerprint density at radius 1 is 1.29 bits per heavy atom. The molecule has 0 saturated carbocycles. The summed E-state index contributed by atoms with van der Waals surface area (Å²) >= 11 is 1.53. The molecule has 2 aromatic rings. The predicted octanol–water partition coefficient (Wildman–Crippen LogP) is 2.55. The quantitative estimate of drug-likeness (QED) is 0.598. The Hall–Kier alpha value is -1.81. The molecule has 0 radical (unpaired) electrons. The van der Waals surface area contributed by atoms with E-state index in [1.54, 1.807) is 13.0 Å². The van der Waals surface area contributed by atoms with E-state index in [9.17, 15) is 18.5 Å². The van der Waals surface area contributed by atoms with E-state index in [4.69, 9.17) is 0 Å². The van der Waals surface area contributed by atoms with Crippen molar-refractivity contribution in [2.24, 2.45) is 0 Å². The van der Waals surface area contributed by atoms with Gasteiger partial charge in [0.05, 0.1) is 11.0 Å². The first-order valence-corrected chi connectivity index (χ1v) is 9.54. The number of likely N-dealkylation sites (N-methyl/N-ethyl adjacent to an activating group) is 1. The first-order chi connectivity index (χ1) is 11.2. The third kappa shape index (κ3) is 3.99. The summed E-state index contributed by atoms with van der Waals surface area (Å²) in [6.45, 7) is 1.67. The van der Waals surface area contributed by atoms with Crippen molar-refractivity contribution in [3.63, 3.8) is 0 Å². The molecule has 0 spiro atoms. The Labute approximate surface area is 145 Å². The number of aryl methyl sites for hydroxylation is 1. The van der Waals surface area contributed by atoms with E-state index in [1.165, 1.54) is 23.5 Å². The number of hydrogen-bond donors (Lipinski definition) is 1. The fourth-order valence-corrected chi connectivity index (χ4v) is 4.76. The Balaban J connectivity index is 2.31. The zero-order chi connectivity index (χ0) is 17.9. The van der Waals surface area contributed by atoms with Crippen molar-refractivity contribution in [2.45, 2.75) is 17.9 Å². The third-order valence-electron chi connectivity index (χ3n) is 3.62. The normalized spacial score (nSPS) is 13.2. The highest BCUT2D eigenvalue weighted by Crippen LogP contribution is 2.28. The number of nitro groups is 1. The smallest absolute Gasteiger partial charge is 0.289 e. The Morgan fingerprint density at radius 3 is 2.54 bits per heavy atom. The second kappa shape index (κ2) is 7.39. The minimum absolute atomic E-state index is 0.126. The second-order valence-electron chi connectivity index (χ2n) is 5.53. The molecule has 1 aromatic heterocycles. The van der Waals surface area contributed by atoms with Crippen molar-refractivity contribution in [1.29, 1.82) is 0 Å². The molecule has 0 bridgehead atoms. The van der Waals surface area contributed by atoms with E-state index in [-0.39, 0.29) is 17.5 Å². The first kappa shape index (κ1) is 18.5. The topological polar surface area (TPSA) is 92.5 Å². The fourth-order valence-electron chi connectivity index (χ4n) is 2.41. The van der Waals surface area contributed by atoms with Crippen LogP contribution in [-0.2, 0) is 10.0 Å². The van der Waals surface area contributed by atoms with Crippen LogP contribution in [0.5, 0.6) is 0 Å². The maximum Gasteiger partial charge on any atom is 0.289 e. The van der Waals surface area contributed by atoms with E-state index < -0.39 is 20.6 Å². The summed E-state index contributed by atoms with van der Waals surface area (Å²) in [5, 5.41) is 13.1. The van der Waals surface area contributed by atoms with E-state index in [0.717, 1.165) is 4.88 Å². The van der Waals surface area contributed by atoms with Crippen LogP contribution < -0.4 is 4.72 Å². The van der Waals surface area contributed by atoms with Gasteiger partial charge in [0, 0.05) is 17.5 Å². The number of rotatable bonds is 7. The van der Waals surface area contributed by atoms with Gasteiger partial charge in [-0.2, -0.15) is 0 Å². The van der Waals surface area contributed by atoms with Crippen LogP contribution in [0.1, 0.15) is 16.5 Å². The van der Waals surface area contributed by atoms with E-state index >= 15 is 0 Å². The highest BCUT2D eigenvalue weighted by molar-refractivity contribution is 7.89. The number of benzene rings is 1. The van der Waals surface area contributed by atoms with Crippen LogP contribution in [0, 0.1) is 17.0 Å². The standard InChI is InChI=1S/C15H19N3O4S2/c1-11-6-4-7-12(18(19)20)15(11)24(21,22)16-10-13(17(2)3)14-8-5-9-23-14/h4-9,13,16H,10H2,1-3H3/t13-/m0/s1. The lowest BCUT2D eigenvalue weighted by Crippen LogP contribution is -2.34. The minimum atomic E-state index is -4.00. The molecule has 1 heterocycles. The molecule has 0 aliphatic carbocycles. The van der Waals surface area contributed by atoms with Crippen LogP contribution in [0.15, 0.2) is 40.6 Å². The van der Waals surface area contributed by atoms with E-state index in [0.29, 0.717) is 5.56 Å². The molecule has 24 heavy (non-hydrogen) atoms. The van der Waals surface area contributed by atoms with Crippen molar-refractivity contribution in [1.82, 2.24) is 9.62 Å². The molecular formula is C15H19N3O4S2. The molecular weight excluding hydrogens is 350 g/mol. The predicted molar refractivity (Wildman–Crippen MR) is 93.8 cm³/mol. The van der Waals surface area contributed by atoms with Crippen molar-refractivity contribution in [3.8, 4) is 0 Å². The van der Waals surface area contributed by atoms with Crippen molar-refractivity contribution < 1.29 is 13.3 Å². The SMILES string of the molecule is Cc1cccc([N+](=O)[O-])c1S(=O)(=O)NC[C@@H](c1cccs1)N(C)C. The van der Waals surface area contributed by atoms with E-state index in [1.807, 2.05) is 36.5 Å². The number of sulfonamides is 1. The fraction of sp³-hybridized carbons (Fsp3) is 0.333. The van der Waals surface area contributed by atoms with Gasteiger partial charge in [0.1, 0.15) is 0 Å². The minimum Gasteiger partial charge on any atom is -0.300 e. The summed E-state index contributed by atoms with van der Waals surface area (Å²) in [5.41, 5.74) is -0.0748. The summed E-state index contributed by atoms with van der Waals surface area (Å²) in [7, 11) is -0.288. The van der Waals surface area contributed by atoms with Crippen LogP contribution in [0.3, 0.4) is 0 Å². The summed E-state index contributed by atoms with van der Waals surface area (Å²) in [5.74, 6) is 0. The van der Waals surface area contributed by atoms with Crippen LogP contribution in [0.25, 0.3) is 0 Å². The molecule has 1 atom stereocenters. The lowest BCUT2D eigenvalue weighted by atomic mass is 10.2. The van der Waals surface area contributed by atoms with Crippen molar-refractivity contribution in [3.05, 3.63) is 56.3 Å². The van der Waals surface area contributed by atoms with Gasteiger partial charge in [-0.1, -0.05) is 18.2 Å². The van der Waals surface area contributed by atoms with Gasteiger partial charge in [0.15, 0.2) is 4.90 Å². The number of nitrogens with one attached hydrogen (secondary N) is 1. The molecule has 0 unspecified atom stereocenters. The average Bonchev–Trinajstić information content (AvgIpc) is 3.00. The zero-order valence-electron chi connectivity index (χ0n) is 13.6. The summed E-state index contributed by atoms with van der Waals surface area (Å²) in [6.07, 6.45) is 0. The van der Waals surface area contributed by atoms with Gasteiger partial charge in [-0.15, -0.1) is 11.3 Å². The molecule has 0 amide bonds. The van der Waals surface area contributed by atoms with Crippen LogP contribution in [0.2, 0.25) is 0 Å². The molecule has 9 heteroatoms. The van der Waals surface area contributed by atoms with Crippen LogP contribution in [0.4, 0.5) is 5.69 Å². The molecule has 1 aromatic carbocycles. The van der Waals surface area contributed by atoms with Gasteiger partial charge >= 0.3 is 0 Å². The van der Waals surface area contributed by atoms with Gasteiger partial charge in [-0.3, -0.25) is 10.1 Å². The Bertz CT molecular complexity index is 817. The molecule has 0 fully saturated rings. The number of thiophene rings is 1. The third-order valence-corrected chi connectivity index (χ3v) is 6.21. The van der Waals surface area contributed by atoms with E-state index in [2.05, 4.69) is 4.72 Å². The maximum absolute atomic E-state index is 12.6. The van der Waals surface area contributed by atoms with Crippen LogP contribution >= 0.6 is 11.3 Å². The molecule has 1 N–H and O–H groups in total. The summed E-state index contributed by atoms with van der Waals surface area (Å²) in [4.78, 5) is 13.1. The summed E-state index contributed by atoms with van der Waals surface area (Å²) in [6, 6.07) is 7.90. The highest BCUT2D eigenvalue weighted by Gasteiger charge is 2.29. The average molecular weight is 369 g/mol. The van der Waals surface area contributed by atoms with Gasteiger partial charge < -0.3 is 4.90 Å². The monoisotopic (exact) mass is 369 g/mol. The Kier molecular flexibility index (Phi) is 5.70. The Morgan fingerprint density at radius 2 is 2.00 bits per heavy atom. The van der Waals surface area contributed by atoms with Crippen molar-refractivity contribution in [2.75, 3.05) is 20.6 Å². The zero-order valence-corrected chi connectivity index (χ0v) is 15.2. The summed E-state index contributed by atoms with van der Waals surface area (Å²) < 4.78 is 27.8. The lowest BCUT2D eigenvalue weighted by Gasteiger charge is -2.23. The molecule has 2 rings (SSSR count). The molecule has 7 nitrogen and oxygen atoms in total. The van der Waals surface area contributed by atoms with Gasteiger partial charge in [0.25, 0.3) is 5.69 Å². The first-order valence-electron chi connectivity index (χ1n) is 7.17. The largest absolute Gasteiger partial charge is 0.300 e. The lowest BCUT2D eigenvalue weighted by molar-refractivity contribution is -0.387. The molecule has 130 valence electrons. The molecule has 0 aliphatic heterocycles. The number of nitro benzene ring substituents is 1. The molecule has 0 saturated heterocycles. The second-order valence-corrected chi connectivity index (χ2v) is 8.21. The highest BCUT2D eigenvalue weighted by atomic mass is 32.2. The van der Waals surface area contributed by atoms with Crippen molar-refractivity contribution >= 4 is 27.0 Å². The van der Waals surface area contributed by atoms with Crippen LogP contribution in [-0.4, -0.2) is 38.9 Å². The van der Waals surface area contributed by atoms with Gasteiger partial charge in [-0.05, 0) is 38.0 Å². The maximum atomic E-state index is 12.6.